The van der Waals surface area contributed by atoms with Crippen LogP contribution in [0.25, 0.3) is 0 Å². The Hall–Kier alpha value is -1.94. The van der Waals surface area contributed by atoms with Crippen molar-refractivity contribution in [1.29, 1.82) is 0 Å². The van der Waals surface area contributed by atoms with Gasteiger partial charge >= 0.3 is 0 Å². The monoisotopic (exact) mass is 295 g/mol. The molecule has 2 aromatic rings. The van der Waals surface area contributed by atoms with Crippen molar-refractivity contribution in [3.05, 3.63) is 54.1 Å². The SMILES string of the molecule is Nc1ccc(N2CCC3CSc4ccccc4C3=N2)cc1. The highest BCUT2D eigenvalue weighted by atomic mass is 32.2. The van der Waals surface area contributed by atoms with E-state index in [2.05, 4.69) is 29.3 Å². The maximum atomic E-state index is 5.77. The molecule has 0 aromatic heterocycles. The van der Waals surface area contributed by atoms with Crippen LogP contribution in [0.1, 0.15) is 12.0 Å². The van der Waals surface area contributed by atoms with Crippen LogP contribution in [-0.4, -0.2) is 18.0 Å². The second-order valence-corrected chi connectivity index (χ2v) is 6.55. The van der Waals surface area contributed by atoms with Crippen molar-refractivity contribution in [2.45, 2.75) is 11.3 Å². The molecule has 0 saturated heterocycles. The van der Waals surface area contributed by atoms with Crippen molar-refractivity contribution < 1.29 is 0 Å². The molecule has 4 rings (SSSR count). The lowest BCUT2D eigenvalue weighted by Crippen LogP contribution is -2.35. The largest absolute Gasteiger partial charge is 0.399 e. The molecular weight excluding hydrogens is 278 g/mol. The van der Waals surface area contributed by atoms with Crippen LogP contribution in [0.4, 0.5) is 11.4 Å². The number of hydrazone groups is 1. The zero-order chi connectivity index (χ0) is 14.2. The summed E-state index contributed by atoms with van der Waals surface area (Å²) in [5, 5.41) is 7.05. The predicted molar refractivity (Wildman–Crippen MR) is 90.0 cm³/mol. The Kier molecular flexibility index (Phi) is 3.11. The minimum Gasteiger partial charge on any atom is -0.399 e. The number of thioether (sulfide) groups is 1. The quantitative estimate of drug-likeness (QED) is 0.817. The number of hydrogen-bond acceptors (Lipinski definition) is 4. The smallest absolute Gasteiger partial charge is 0.0733 e. The van der Waals surface area contributed by atoms with Crippen molar-refractivity contribution in [2.24, 2.45) is 11.0 Å². The molecule has 2 heterocycles. The summed E-state index contributed by atoms with van der Waals surface area (Å²) in [5.74, 6) is 1.72. The summed E-state index contributed by atoms with van der Waals surface area (Å²) < 4.78 is 0. The van der Waals surface area contributed by atoms with Gasteiger partial charge in [-0.3, -0.25) is 5.01 Å². The molecule has 106 valence electrons. The fourth-order valence-electron chi connectivity index (χ4n) is 2.94. The van der Waals surface area contributed by atoms with Gasteiger partial charge < -0.3 is 5.73 Å². The van der Waals surface area contributed by atoms with Crippen molar-refractivity contribution in [3.8, 4) is 0 Å². The lowest BCUT2D eigenvalue weighted by atomic mass is 9.93. The van der Waals surface area contributed by atoms with Crippen LogP contribution in [0.15, 0.2) is 58.5 Å². The maximum Gasteiger partial charge on any atom is 0.0733 e. The van der Waals surface area contributed by atoms with Crippen molar-refractivity contribution in [2.75, 3.05) is 23.0 Å². The zero-order valence-electron chi connectivity index (χ0n) is 11.7. The Morgan fingerprint density at radius 1 is 1.10 bits per heavy atom. The molecule has 2 N–H and O–H groups in total. The van der Waals surface area contributed by atoms with Gasteiger partial charge in [0.25, 0.3) is 0 Å². The summed E-state index contributed by atoms with van der Waals surface area (Å²) in [6.07, 6.45) is 1.16. The summed E-state index contributed by atoms with van der Waals surface area (Å²) in [6, 6.07) is 16.6. The number of anilines is 2. The fraction of sp³-hybridized carbons (Fsp3) is 0.235. The highest BCUT2D eigenvalue weighted by Gasteiger charge is 2.30. The average molecular weight is 295 g/mol. The van der Waals surface area contributed by atoms with E-state index in [0.717, 1.165) is 30.1 Å². The van der Waals surface area contributed by atoms with Gasteiger partial charge in [0.05, 0.1) is 11.4 Å². The van der Waals surface area contributed by atoms with Gasteiger partial charge in [-0.15, -0.1) is 11.8 Å². The minimum atomic E-state index is 0.579. The topological polar surface area (TPSA) is 41.6 Å². The molecule has 2 aromatic carbocycles. The molecule has 1 unspecified atom stereocenters. The molecule has 2 aliphatic rings. The molecule has 2 aliphatic heterocycles. The highest BCUT2D eigenvalue weighted by Crippen LogP contribution is 2.37. The summed E-state index contributed by atoms with van der Waals surface area (Å²) in [5.41, 5.74) is 10.2. The molecule has 4 heteroatoms. The van der Waals surface area contributed by atoms with E-state index in [-0.39, 0.29) is 0 Å². The second-order valence-electron chi connectivity index (χ2n) is 5.49. The van der Waals surface area contributed by atoms with E-state index in [9.17, 15) is 0 Å². The first kappa shape index (κ1) is 12.8. The normalized spacial score (nSPS) is 20.5. The number of nitrogen functional groups attached to an aromatic ring is 1. The second kappa shape index (κ2) is 5.11. The molecule has 0 saturated carbocycles. The molecule has 0 fully saturated rings. The third kappa shape index (κ3) is 2.29. The number of nitrogens with zero attached hydrogens (tertiary/aromatic N) is 2. The first-order chi connectivity index (χ1) is 10.3. The Bertz CT molecular complexity index is 693. The molecular formula is C17H17N3S. The van der Waals surface area contributed by atoms with Crippen LogP contribution in [0, 0.1) is 5.92 Å². The number of benzene rings is 2. The van der Waals surface area contributed by atoms with Gasteiger partial charge in [-0.2, -0.15) is 5.10 Å². The van der Waals surface area contributed by atoms with E-state index < -0.39 is 0 Å². The Morgan fingerprint density at radius 3 is 2.76 bits per heavy atom. The van der Waals surface area contributed by atoms with Gasteiger partial charge in [-0.1, -0.05) is 18.2 Å². The molecule has 0 aliphatic carbocycles. The van der Waals surface area contributed by atoms with Crippen LogP contribution < -0.4 is 10.7 Å². The average Bonchev–Trinajstić information content (AvgIpc) is 2.55. The lowest BCUT2D eigenvalue weighted by molar-refractivity contribution is 0.624. The first-order valence-corrected chi connectivity index (χ1v) is 8.23. The van der Waals surface area contributed by atoms with Crippen LogP contribution in [0.2, 0.25) is 0 Å². The lowest BCUT2D eigenvalue weighted by Gasteiger charge is -2.34. The first-order valence-electron chi connectivity index (χ1n) is 7.25. The molecule has 3 nitrogen and oxygen atoms in total. The van der Waals surface area contributed by atoms with Gasteiger partial charge in [0.2, 0.25) is 0 Å². The molecule has 21 heavy (non-hydrogen) atoms. The van der Waals surface area contributed by atoms with Gasteiger partial charge in [-0.05, 0) is 36.8 Å². The highest BCUT2D eigenvalue weighted by molar-refractivity contribution is 7.99. The van der Waals surface area contributed by atoms with E-state index in [1.54, 1.807) is 0 Å². The summed E-state index contributed by atoms with van der Waals surface area (Å²) in [6.45, 7) is 0.973. The van der Waals surface area contributed by atoms with E-state index in [1.165, 1.54) is 16.2 Å². The van der Waals surface area contributed by atoms with Gasteiger partial charge in [0.15, 0.2) is 0 Å². The van der Waals surface area contributed by atoms with Crippen molar-refractivity contribution >= 4 is 28.8 Å². The fourth-order valence-corrected chi connectivity index (χ4v) is 4.15. The summed E-state index contributed by atoms with van der Waals surface area (Å²) in [7, 11) is 0. The number of fused-ring (bicyclic) bond motifs is 3. The summed E-state index contributed by atoms with van der Waals surface area (Å²) >= 11 is 1.96. The Balaban J connectivity index is 1.74. The van der Waals surface area contributed by atoms with E-state index in [0.29, 0.717) is 5.92 Å². The predicted octanol–water partition coefficient (Wildman–Crippen LogP) is 3.61. The molecule has 1 atom stereocenters. The number of rotatable bonds is 1. The Morgan fingerprint density at radius 2 is 1.90 bits per heavy atom. The standard InChI is InChI=1S/C17H17N3S/c18-13-5-7-14(8-6-13)20-10-9-12-11-21-16-4-2-1-3-15(16)17(12)19-20/h1-8,12H,9-11,18H2. The summed E-state index contributed by atoms with van der Waals surface area (Å²) in [4.78, 5) is 1.35. The van der Waals surface area contributed by atoms with Crippen LogP contribution in [-0.2, 0) is 0 Å². The molecule has 0 bridgehead atoms. The molecule has 0 amide bonds. The van der Waals surface area contributed by atoms with E-state index in [1.807, 2.05) is 36.0 Å². The minimum absolute atomic E-state index is 0.579. The number of hydrogen-bond donors (Lipinski definition) is 1. The molecule has 0 radical (unpaired) electrons. The number of nitrogens with two attached hydrogens (primary N) is 1. The van der Waals surface area contributed by atoms with Gasteiger partial charge in [-0.25, -0.2) is 0 Å². The van der Waals surface area contributed by atoms with Crippen LogP contribution >= 0.6 is 11.8 Å². The Labute approximate surface area is 128 Å². The van der Waals surface area contributed by atoms with Crippen molar-refractivity contribution in [1.82, 2.24) is 0 Å². The third-order valence-corrected chi connectivity index (χ3v) is 5.33. The van der Waals surface area contributed by atoms with E-state index in [4.69, 9.17) is 10.8 Å². The van der Waals surface area contributed by atoms with Crippen LogP contribution in [0.3, 0.4) is 0 Å². The third-order valence-electron chi connectivity index (χ3n) is 4.10. The van der Waals surface area contributed by atoms with Crippen molar-refractivity contribution in [3.63, 3.8) is 0 Å². The van der Waals surface area contributed by atoms with E-state index >= 15 is 0 Å². The van der Waals surface area contributed by atoms with Gasteiger partial charge in [0, 0.05) is 34.4 Å². The zero-order valence-corrected chi connectivity index (χ0v) is 12.5. The molecule has 0 spiro atoms. The maximum absolute atomic E-state index is 5.77. The van der Waals surface area contributed by atoms with Gasteiger partial charge in [0.1, 0.15) is 0 Å². The van der Waals surface area contributed by atoms with Crippen LogP contribution in [0.5, 0.6) is 0 Å².